The van der Waals surface area contributed by atoms with Crippen LogP contribution < -0.4 is 5.32 Å². The Balaban J connectivity index is 0.00000132. The summed E-state index contributed by atoms with van der Waals surface area (Å²) in [6, 6.07) is 2.92. The zero-order valence-corrected chi connectivity index (χ0v) is 12.1. The second-order valence-corrected chi connectivity index (χ2v) is 5.66. The molecule has 1 aromatic heterocycles. The number of hydrogen-bond donors (Lipinski definition) is 1. The summed E-state index contributed by atoms with van der Waals surface area (Å²) in [4.78, 5) is 2.42. The summed E-state index contributed by atoms with van der Waals surface area (Å²) in [6.45, 7) is 3.28. The summed E-state index contributed by atoms with van der Waals surface area (Å²) in [5.74, 6) is -0.755. The molecule has 0 radical (unpaired) electrons. The average molecular weight is 316 g/mol. The number of rotatable bonds is 2. The van der Waals surface area contributed by atoms with Gasteiger partial charge >= 0.3 is 0 Å². The fourth-order valence-electron chi connectivity index (χ4n) is 3.36. The quantitative estimate of drug-likeness (QED) is 0.925. The van der Waals surface area contributed by atoms with Gasteiger partial charge in [0.25, 0.3) is 0 Å². The monoisotopic (exact) mass is 315 g/mol. The van der Waals surface area contributed by atoms with Crippen molar-refractivity contribution >= 4 is 29.2 Å². The Labute approximate surface area is 126 Å². The van der Waals surface area contributed by atoms with E-state index in [0.717, 1.165) is 25.7 Å². The van der Waals surface area contributed by atoms with Crippen molar-refractivity contribution in [2.24, 2.45) is 5.92 Å². The maximum Gasteiger partial charge on any atom is 0.207 e. The Morgan fingerprint density at radius 1 is 1.24 bits per heavy atom. The van der Waals surface area contributed by atoms with Crippen LogP contribution in [0.2, 0.25) is 0 Å². The molecule has 3 saturated heterocycles. The highest BCUT2D eigenvalue weighted by Crippen LogP contribution is 2.32. The molecule has 1 aromatic carbocycles. The van der Waals surface area contributed by atoms with Crippen molar-refractivity contribution in [3.63, 3.8) is 0 Å². The Morgan fingerprint density at radius 2 is 2.00 bits per heavy atom. The number of nitrogens with zero attached hydrogens (tertiary/aromatic N) is 2. The fourth-order valence-corrected chi connectivity index (χ4v) is 3.36. The summed E-state index contributed by atoms with van der Waals surface area (Å²) in [7, 11) is 0. The smallest absolute Gasteiger partial charge is 0.207 e. The van der Waals surface area contributed by atoms with Crippen molar-refractivity contribution < 1.29 is 13.3 Å². The third-order valence-electron chi connectivity index (χ3n) is 4.51. The van der Waals surface area contributed by atoms with Gasteiger partial charge in [-0.15, -0.1) is 12.4 Å². The summed E-state index contributed by atoms with van der Waals surface area (Å²) in [5, 5.41) is 7.71. The number of nitrogens with one attached hydrogen (secondary N) is 1. The van der Waals surface area contributed by atoms with Crippen LogP contribution in [0.1, 0.15) is 12.8 Å². The van der Waals surface area contributed by atoms with Crippen LogP contribution in [0.3, 0.4) is 0 Å². The standard InChI is InChI=1S/C14H15F2N3O.ClH/c15-10-2-1-9-13(12(10)16)20-18-14(9)17-11-7-19-5-3-8(11)4-6-19;/h1-2,8,11H,3-7H2,(H,17,18);1H/t11-;/m0./s1. The van der Waals surface area contributed by atoms with Crippen LogP contribution in [-0.4, -0.2) is 35.7 Å². The highest BCUT2D eigenvalue weighted by molar-refractivity contribution is 5.88. The largest absolute Gasteiger partial charge is 0.362 e. The van der Waals surface area contributed by atoms with Gasteiger partial charge in [-0.3, -0.25) is 0 Å². The lowest BCUT2D eigenvalue weighted by atomic mass is 9.84. The molecular weight excluding hydrogens is 300 g/mol. The van der Waals surface area contributed by atoms with Gasteiger partial charge in [0.05, 0.1) is 5.39 Å². The molecule has 1 atom stereocenters. The van der Waals surface area contributed by atoms with Crippen LogP contribution in [0.15, 0.2) is 16.7 Å². The van der Waals surface area contributed by atoms with Crippen molar-refractivity contribution in [2.75, 3.05) is 25.0 Å². The lowest BCUT2D eigenvalue weighted by Gasteiger charge is -2.44. The number of fused-ring (bicyclic) bond motifs is 4. The maximum atomic E-state index is 13.6. The summed E-state index contributed by atoms with van der Waals surface area (Å²) < 4.78 is 31.7. The molecule has 7 heteroatoms. The zero-order valence-electron chi connectivity index (χ0n) is 11.3. The highest BCUT2D eigenvalue weighted by Gasteiger charge is 2.34. The van der Waals surface area contributed by atoms with E-state index in [-0.39, 0.29) is 18.0 Å². The minimum Gasteiger partial charge on any atom is -0.362 e. The van der Waals surface area contributed by atoms with Crippen LogP contribution in [-0.2, 0) is 0 Å². The second-order valence-electron chi connectivity index (χ2n) is 5.66. The Morgan fingerprint density at radius 3 is 2.67 bits per heavy atom. The Hall–Kier alpha value is -1.40. The molecule has 1 N–H and O–H groups in total. The average Bonchev–Trinajstić information content (AvgIpc) is 2.88. The van der Waals surface area contributed by atoms with Gasteiger partial charge < -0.3 is 14.7 Å². The first kappa shape index (κ1) is 14.5. The molecule has 114 valence electrons. The third kappa shape index (κ3) is 2.36. The van der Waals surface area contributed by atoms with Gasteiger partial charge in [0.15, 0.2) is 11.6 Å². The zero-order chi connectivity index (χ0) is 13.7. The summed E-state index contributed by atoms with van der Waals surface area (Å²) >= 11 is 0. The maximum absolute atomic E-state index is 13.6. The number of anilines is 1. The van der Waals surface area contributed by atoms with Crippen LogP contribution in [0.25, 0.3) is 11.0 Å². The SMILES string of the molecule is Cl.Fc1ccc2c(N[C@H]3CN4CCC3CC4)noc2c1F. The molecule has 3 aliphatic rings. The van der Waals surface area contributed by atoms with Gasteiger partial charge in [0.2, 0.25) is 11.4 Å². The predicted molar refractivity (Wildman–Crippen MR) is 77.7 cm³/mol. The molecule has 2 aromatic rings. The number of aromatic nitrogens is 1. The third-order valence-corrected chi connectivity index (χ3v) is 4.51. The van der Waals surface area contributed by atoms with E-state index < -0.39 is 11.6 Å². The van der Waals surface area contributed by atoms with Crippen molar-refractivity contribution in [1.82, 2.24) is 10.1 Å². The fraction of sp³-hybridized carbons (Fsp3) is 0.500. The molecule has 0 saturated carbocycles. The number of hydrogen-bond acceptors (Lipinski definition) is 4. The van der Waals surface area contributed by atoms with Crippen LogP contribution in [0.5, 0.6) is 0 Å². The molecule has 4 heterocycles. The van der Waals surface area contributed by atoms with Crippen LogP contribution in [0, 0.1) is 17.6 Å². The molecule has 4 nitrogen and oxygen atoms in total. The summed E-state index contributed by atoms with van der Waals surface area (Å²) in [6.07, 6.45) is 2.35. The minimum atomic E-state index is -0.975. The van der Waals surface area contributed by atoms with Gasteiger partial charge in [-0.05, 0) is 44.0 Å². The van der Waals surface area contributed by atoms with Crippen molar-refractivity contribution in [3.8, 4) is 0 Å². The van der Waals surface area contributed by atoms with Crippen molar-refractivity contribution in [3.05, 3.63) is 23.8 Å². The van der Waals surface area contributed by atoms with Crippen LogP contribution >= 0.6 is 12.4 Å². The highest BCUT2D eigenvalue weighted by atomic mass is 35.5. The van der Waals surface area contributed by atoms with E-state index in [0.29, 0.717) is 23.2 Å². The van der Waals surface area contributed by atoms with Gasteiger partial charge in [-0.2, -0.15) is 4.39 Å². The van der Waals surface area contributed by atoms with Gasteiger partial charge in [-0.25, -0.2) is 4.39 Å². The lowest BCUT2D eigenvalue weighted by molar-refractivity contribution is 0.0973. The first-order chi connectivity index (χ1) is 9.72. The van der Waals surface area contributed by atoms with Gasteiger partial charge in [0.1, 0.15) is 0 Å². The topological polar surface area (TPSA) is 41.3 Å². The molecule has 0 unspecified atom stereocenters. The molecule has 5 rings (SSSR count). The van der Waals surface area contributed by atoms with E-state index in [4.69, 9.17) is 4.52 Å². The first-order valence-corrected chi connectivity index (χ1v) is 6.94. The molecule has 21 heavy (non-hydrogen) atoms. The molecule has 2 bridgehead atoms. The van der Waals surface area contributed by atoms with E-state index >= 15 is 0 Å². The first-order valence-electron chi connectivity index (χ1n) is 6.94. The Kier molecular flexibility index (Phi) is 3.75. The lowest BCUT2D eigenvalue weighted by Crippen LogP contribution is -2.53. The van der Waals surface area contributed by atoms with E-state index in [1.807, 2.05) is 0 Å². The van der Waals surface area contributed by atoms with Gasteiger partial charge in [0, 0.05) is 12.6 Å². The van der Waals surface area contributed by atoms with E-state index in [1.165, 1.54) is 18.9 Å². The molecule has 0 spiro atoms. The molecule has 0 aliphatic carbocycles. The minimum absolute atomic E-state index is 0. The van der Waals surface area contributed by atoms with Crippen molar-refractivity contribution in [2.45, 2.75) is 18.9 Å². The Bertz CT molecular complexity index is 655. The predicted octanol–water partition coefficient (Wildman–Crippen LogP) is 3.03. The molecule has 0 amide bonds. The molecule has 3 aliphatic heterocycles. The number of halogens is 3. The van der Waals surface area contributed by atoms with E-state index in [1.54, 1.807) is 0 Å². The van der Waals surface area contributed by atoms with Gasteiger partial charge in [-0.1, -0.05) is 5.16 Å². The number of benzene rings is 1. The summed E-state index contributed by atoms with van der Waals surface area (Å²) in [5.41, 5.74) is -0.117. The van der Waals surface area contributed by atoms with E-state index in [2.05, 4.69) is 15.4 Å². The number of piperidine rings is 3. The van der Waals surface area contributed by atoms with Crippen molar-refractivity contribution in [1.29, 1.82) is 0 Å². The van der Waals surface area contributed by atoms with E-state index in [9.17, 15) is 8.78 Å². The molecule has 3 fully saturated rings. The van der Waals surface area contributed by atoms with Crippen LogP contribution in [0.4, 0.5) is 14.6 Å². The molecular formula is C14H16ClF2N3O. The second kappa shape index (κ2) is 5.42. The normalized spacial score (nSPS) is 27.6.